The Morgan fingerprint density at radius 1 is 0.875 bits per heavy atom. The van der Waals surface area contributed by atoms with Crippen molar-refractivity contribution in [3.63, 3.8) is 0 Å². The number of esters is 2. The lowest BCUT2D eigenvalue weighted by Crippen LogP contribution is -2.47. The first-order valence-corrected chi connectivity index (χ1v) is 10.2. The molecule has 0 spiro atoms. The Hall–Kier alpha value is -3.43. The summed E-state index contributed by atoms with van der Waals surface area (Å²) < 4.78 is 15.9. The number of aliphatic hydroxyl groups excluding tert-OH is 2. The first-order chi connectivity index (χ1) is 15.5. The number of nitrogens with one attached hydrogen (secondary N) is 1. The highest BCUT2D eigenvalue weighted by atomic mass is 16.6. The van der Waals surface area contributed by atoms with E-state index in [1.54, 1.807) is 55.5 Å². The minimum Gasteiger partial charge on any atom is -0.454 e. The van der Waals surface area contributed by atoms with Crippen LogP contribution in [0.1, 0.15) is 27.6 Å². The van der Waals surface area contributed by atoms with Crippen LogP contribution < -0.4 is 5.32 Å². The van der Waals surface area contributed by atoms with Gasteiger partial charge in [-0.3, -0.25) is 0 Å². The lowest BCUT2D eigenvalue weighted by Gasteiger charge is -2.25. The molecule has 0 saturated heterocycles. The lowest BCUT2D eigenvalue weighted by atomic mass is 10.0. The number of hydrogen-bond acceptors (Lipinski definition) is 8. The van der Waals surface area contributed by atoms with Crippen molar-refractivity contribution in [1.29, 1.82) is 0 Å². The zero-order valence-electron chi connectivity index (χ0n) is 17.4. The van der Waals surface area contributed by atoms with E-state index in [1.165, 1.54) is 12.1 Å². The summed E-state index contributed by atoms with van der Waals surface area (Å²) in [5.41, 5.74) is 0.476. The monoisotopic (exact) mass is 443 g/mol. The van der Waals surface area contributed by atoms with Crippen molar-refractivity contribution in [1.82, 2.24) is 5.32 Å². The Labute approximate surface area is 184 Å². The van der Waals surface area contributed by atoms with Gasteiger partial charge in [0.1, 0.15) is 12.2 Å². The molecule has 3 N–H and O–H groups in total. The number of carbonyl (C=O) groups is 3. The maximum absolute atomic E-state index is 12.7. The summed E-state index contributed by atoms with van der Waals surface area (Å²) in [4.78, 5) is 37.3. The summed E-state index contributed by atoms with van der Waals surface area (Å²) in [5, 5.41) is 23.3. The van der Waals surface area contributed by atoms with E-state index in [-0.39, 0.29) is 17.7 Å². The van der Waals surface area contributed by atoms with E-state index in [0.29, 0.717) is 0 Å². The van der Waals surface area contributed by atoms with Gasteiger partial charge in [0.25, 0.3) is 0 Å². The van der Waals surface area contributed by atoms with Crippen LogP contribution in [0.3, 0.4) is 0 Å². The van der Waals surface area contributed by atoms with Crippen LogP contribution in [0.15, 0.2) is 60.7 Å². The smallest absolute Gasteiger partial charge is 0.407 e. The average Bonchev–Trinajstić information content (AvgIpc) is 3.05. The van der Waals surface area contributed by atoms with Crippen LogP contribution in [-0.2, 0) is 14.2 Å². The van der Waals surface area contributed by atoms with Crippen molar-refractivity contribution in [2.45, 2.75) is 31.3 Å². The van der Waals surface area contributed by atoms with Gasteiger partial charge in [-0.05, 0) is 31.2 Å². The number of benzene rings is 2. The van der Waals surface area contributed by atoms with Crippen molar-refractivity contribution in [2.24, 2.45) is 5.92 Å². The maximum Gasteiger partial charge on any atom is 0.407 e. The Kier molecular flexibility index (Phi) is 7.80. The molecule has 1 aliphatic carbocycles. The van der Waals surface area contributed by atoms with Gasteiger partial charge < -0.3 is 29.7 Å². The number of alkyl carbamates (subject to hydrolysis) is 1. The summed E-state index contributed by atoms with van der Waals surface area (Å²) in [5.74, 6) is -2.42. The first kappa shape index (κ1) is 23.2. The van der Waals surface area contributed by atoms with Crippen LogP contribution >= 0.6 is 0 Å². The molecule has 9 nitrogen and oxygen atoms in total. The molecule has 1 amide bonds. The number of hydrogen-bond donors (Lipinski definition) is 3. The standard InChI is InChI=1S/C23H25NO8/c1-2-30-23(29)24-17-16(13-25)19(31-21(27)14-9-5-3-6-10-14)20(18(17)26)32-22(28)15-11-7-4-8-12-15/h3-12,16-20,25-26H,2,13H2,1H3,(H,24,29)/t16-,17-,18-,19+,20+/m0/s1. The molecule has 2 aromatic rings. The molecule has 2 aromatic carbocycles. The molecule has 0 heterocycles. The summed E-state index contributed by atoms with van der Waals surface area (Å²) in [7, 11) is 0. The molecule has 0 aliphatic heterocycles. The van der Waals surface area contributed by atoms with Crippen LogP contribution in [0.25, 0.3) is 0 Å². The van der Waals surface area contributed by atoms with Gasteiger partial charge in [0.05, 0.1) is 30.4 Å². The molecule has 170 valence electrons. The molecular weight excluding hydrogens is 418 g/mol. The van der Waals surface area contributed by atoms with E-state index in [2.05, 4.69) is 5.32 Å². The molecular formula is C23H25NO8. The number of amides is 1. The normalized spacial score (nSPS) is 24.4. The second-order valence-electron chi connectivity index (χ2n) is 7.20. The second-order valence-corrected chi connectivity index (χ2v) is 7.20. The fourth-order valence-corrected chi connectivity index (χ4v) is 3.64. The lowest BCUT2D eigenvalue weighted by molar-refractivity contribution is -0.0631. The molecule has 0 radical (unpaired) electrons. The fraction of sp³-hybridized carbons (Fsp3) is 0.348. The Morgan fingerprint density at radius 3 is 1.84 bits per heavy atom. The molecule has 0 bridgehead atoms. The molecule has 1 fully saturated rings. The maximum atomic E-state index is 12.7. The van der Waals surface area contributed by atoms with Gasteiger partial charge in [0, 0.05) is 5.92 Å². The highest BCUT2D eigenvalue weighted by molar-refractivity contribution is 5.90. The summed E-state index contributed by atoms with van der Waals surface area (Å²) >= 11 is 0. The Bertz CT molecular complexity index is 920. The molecule has 3 rings (SSSR count). The van der Waals surface area contributed by atoms with Gasteiger partial charge in [-0.15, -0.1) is 0 Å². The molecule has 1 aliphatic rings. The topological polar surface area (TPSA) is 131 Å². The molecule has 32 heavy (non-hydrogen) atoms. The van der Waals surface area contributed by atoms with Gasteiger partial charge in [0.15, 0.2) is 6.10 Å². The number of rotatable bonds is 7. The Balaban J connectivity index is 1.87. The van der Waals surface area contributed by atoms with Crippen molar-refractivity contribution in [3.05, 3.63) is 71.8 Å². The Morgan fingerprint density at radius 2 is 1.38 bits per heavy atom. The van der Waals surface area contributed by atoms with Crippen molar-refractivity contribution >= 4 is 18.0 Å². The van der Waals surface area contributed by atoms with Crippen LogP contribution in [0.5, 0.6) is 0 Å². The third-order valence-electron chi connectivity index (χ3n) is 5.19. The van der Waals surface area contributed by atoms with Crippen molar-refractivity contribution in [3.8, 4) is 0 Å². The van der Waals surface area contributed by atoms with Gasteiger partial charge in [0.2, 0.25) is 0 Å². The third-order valence-corrected chi connectivity index (χ3v) is 5.19. The van der Waals surface area contributed by atoms with Crippen LogP contribution in [0.2, 0.25) is 0 Å². The van der Waals surface area contributed by atoms with Crippen LogP contribution in [0, 0.1) is 5.92 Å². The molecule has 9 heteroatoms. The van der Waals surface area contributed by atoms with E-state index >= 15 is 0 Å². The van der Waals surface area contributed by atoms with E-state index < -0.39 is 54.9 Å². The molecule has 0 unspecified atom stereocenters. The SMILES string of the molecule is CCOC(=O)N[C@@H]1[C@H](O)[C@@H](OC(=O)c2ccccc2)[C@H](OC(=O)c2ccccc2)[C@H]1CO. The third kappa shape index (κ3) is 5.24. The van der Waals surface area contributed by atoms with Gasteiger partial charge >= 0.3 is 18.0 Å². The van der Waals surface area contributed by atoms with Gasteiger partial charge in [-0.2, -0.15) is 0 Å². The fourth-order valence-electron chi connectivity index (χ4n) is 3.64. The second kappa shape index (κ2) is 10.7. The van der Waals surface area contributed by atoms with Gasteiger partial charge in [-0.25, -0.2) is 14.4 Å². The number of carbonyl (C=O) groups excluding carboxylic acids is 3. The van der Waals surface area contributed by atoms with Crippen LogP contribution in [0.4, 0.5) is 4.79 Å². The van der Waals surface area contributed by atoms with Crippen molar-refractivity contribution in [2.75, 3.05) is 13.2 Å². The first-order valence-electron chi connectivity index (χ1n) is 10.2. The van der Waals surface area contributed by atoms with Crippen LogP contribution in [-0.4, -0.2) is 65.8 Å². The average molecular weight is 443 g/mol. The zero-order valence-corrected chi connectivity index (χ0v) is 17.4. The number of aliphatic hydroxyl groups is 2. The minimum absolute atomic E-state index is 0.0945. The molecule has 5 atom stereocenters. The predicted octanol–water partition coefficient (Wildman–Crippen LogP) is 1.54. The zero-order chi connectivity index (χ0) is 23.1. The summed E-state index contributed by atoms with van der Waals surface area (Å²) in [6.07, 6.45) is -4.84. The van der Waals surface area contributed by atoms with Crippen molar-refractivity contribution < 1.29 is 38.8 Å². The van der Waals surface area contributed by atoms with E-state index in [1.807, 2.05) is 0 Å². The molecule has 0 aromatic heterocycles. The van der Waals surface area contributed by atoms with Gasteiger partial charge in [-0.1, -0.05) is 36.4 Å². The van der Waals surface area contributed by atoms with E-state index in [0.717, 1.165) is 0 Å². The molecule has 1 saturated carbocycles. The summed E-state index contributed by atoms with van der Waals surface area (Å²) in [6.45, 7) is 1.15. The minimum atomic E-state index is -1.46. The highest BCUT2D eigenvalue weighted by Gasteiger charge is 2.55. The quantitative estimate of drug-likeness (QED) is 0.434. The summed E-state index contributed by atoms with van der Waals surface area (Å²) in [6, 6.07) is 15.1. The highest BCUT2D eigenvalue weighted by Crippen LogP contribution is 2.33. The van der Waals surface area contributed by atoms with E-state index in [9.17, 15) is 24.6 Å². The van der Waals surface area contributed by atoms with E-state index in [4.69, 9.17) is 14.2 Å². The predicted molar refractivity (Wildman–Crippen MR) is 112 cm³/mol. The number of ether oxygens (including phenoxy) is 3. The largest absolute Gasteiger partial charge is 0.454 e.